The highest BCUT2D eigenvalue weighted by Gasteiger charge is 2.29. The van der Waals surface area contributed by atoms with Crippen molar-refractivity contribution >= 4 is 5.78 Å². The van der Waals surface area contributed by atoms with Gasteiger partial charge in [-0.15, -0.1) is 0 Å². The predicted octanol–water partition coefficient (Wildman–Crippen LogP) is 2.84. The highest BCUT2D eigenvalue weighted by atomic mass is 16.5. The molecule has 1 aromatic carbocycles. The molecule has 2 aliphatic heterocycles. The van der Waals surface area contributed by atoms with E-state index in [2.05, 4.69) is 6.92 Å². The van der Waals surface area contributed by atoms with Crippen LogP contribution in [0.25, 0.3) is 0 Å². The van der Waals surface area contributed by atoms with Gasteiger partial charge in [-0.3, -0.25) is 4.79 Å². The molecule has 0 amide bonds. The van der Waals surface area contributed by atoms with Gasteiger partial charge in [0, 0.05) is 11.5 Å². The third-order valence-corrected chi connectivity index (χ3v) is 3.80. The Labute approximate surface area is 119 Å². The molecule has 108 valence electrons. The Hall–Kier alpha value is -1.55. The van der Waals surface area contributed by atoms with Crippen molar-refractivity contribution in [3.8, 4) is 11.5 Å². The molecule has 0 aliphatic carbocycles. The number of hydrogen-bond donors (Lipinski definition) is 0. The van der Waals surface area contributed by atoms with Gasteiger partial charge in [-0.05, 0) is 38.0 Å². The van der Waals surface area contributed by atoms with Gasteiger partial charge in [0.15, 0.2) is 17.3 Å². The number of carbonyl (C=O) groups excluding carboxylic acids is 1. The average molecular weight is 276 g/mol. The Kier molecular flexibility index (Phi) is 3.66. The number of ketones is 1. The van der Waals surface area contributed by atoms with Crippen molar-refractivity contribution in [2.45, 2.75) is 38.9 Å². The molecule has 0 N–H and O–H groups in total. The van der Waals surface area contributed by atoms with E-state index in [9.17, 15) is 4.79 Å². The minimum atomic E-state index is -0.311. The molecule has 2 heterocycles. The summed E-state index contributed by atoms with van der Waals surface area (Å²) < 4.78 is 17.0. The van der Waals surface area contributed by atoms with Crippen LogP contribution < -0.4 is 9.47 Å². The topological polar surface area (TPSA) is 44.8 Å². The van der Waals surface area contributed by atoms with Crippen LogP contribution in [0.4, 0.5) is 0 Å². The molecule has 4 heteroatoms. The van der Waals surface area contributed by atoms with E-state index in [-0.39, 0.29) is 18.0 Å². The lowest BCUT2D eigenvalue weighted by Crippen LogP contribution is -2.20. The van der Waals surface area contributed by atoms with E-state index in [1.54, 1.807) is 12.1 Å². The Bertz CT molecular complexity index is 511. The largest absolute Gasteiger partial charge is 0.489 e. The number of hydrogen-bond acceptors (Lipinski definition) is 4. The molecule has 1 fully saturated rings. The SMILES string of the molecule is CC1COc2ccc(C(=O)C3CCC(C)O3)cc2OC1. The molecular weight excluding hydrogens is 256 g/mol. The lowest BCUT2D eigenvalue weighted by atomic mass is 10.0. The van der Waals surface area contributed by atoms with Crippen molar-refractivity contribution < 1.29 is 19.0 Å². The fraction of sp³-hybridized carbons (Fsp3) is 0.562. The third kappa shape index (κ3) is 2.66. The van der Waals surface area contributed by atoms with Crippen molar-refractivity contribution in [1.29, 1.82) is 0 Å². The van der Waals surface area contributed by atoms with Gasteiger partial charge in [0.05, 0.1) is 19.3 Å². The molecule has 3 rings (SSSR count). The molecule has 0 spiro atoms. The molecule has 0 aromatic heterocycles. The van der Waals surface area contributed by atoms with E-state index in [1.165, 1.54) is 0 Å². The second-order valence-corrected chi connectivity index (χ2v) is 5.77. The van der Waals surface area contributed by atoms with Crippen LogP contribution in [0.1, 0.15) is 37.0 Å². The number of carbonyl (C=O) groups is 1. The van der Waals surface area contributed by atoms with Gasteiger partial charge in [-0.25, -0.2) is 0 Å². The number of benzene rings is 1. The van der Waals surface area contributed by atoms with Gasteiger partial charge in [0.2, 0.25) is 0 Å². The summed E-state index contributed by atoms with van der Waals surface area (Å²) in [6.07, 6.45) is 1.60. The molecule has 3 unspecified atom stereocenters. The molecule has 4 nitrogen and oxygen atoms in total. The molecule has 20 heavy (non-hydrogen) atoms. The zero-order valence-electron chi connectivity index (χ0n) is 11.9. The molecule has 1 aromatic rings. The zero-order valence-corrected chi connectivity index (χ0v) is 11.9. The highest BCUT2D eigenvalue weighted by molar-refractivity contribution is 6.00. The van der Waals surface area contributed by atoms with Gasteiger partial charge >= 0.3 is 0 Å². The standard InChI is InChI=1S/C16H20O4/c1-10-8-18-13-6-4-12(7-15(13)19-9-10)16(17)14-5-3-11(2)20-14/h4,6-7,10-11,14H,3,5,8-9H2,1-2H3. The summed E-state index contributed by atoms with van der Waals surface area (Å²) in [7, 11) is 0. The van der Waals surface area contributed by atoms with Crippen LogP contribution in [0.15, 0.2) is 18.2 Å². The minimum absolute atomic E-state index is 0.0399. The molecule has 3 atom stereocenters. The Morgan fingerprint density at radius 2 is 1.85 bits per heavy atom. The predicted molar refractivity (Wildman–Crippen MR) is 74.5 cm³/mol. The van der Waals surface area contributed by atoms with E-state index in [0.717, 1.165) is 12.8 Å². The number of fused-ring (bicyclic) bond motifs is 1. The summed E-state index contributed by atoms with van der Waals surface area (Å²) in [5, 5.41) is 0. The van der Waals surface area contributed by atoms with Crippen LogP contribution in [0.5, 0.6) is 11.5 Å². The number of rotatable bonds is 2. The lowest BCUT2D eigenvalue weighted by molar-refractivity contribution is 0.0433. The molecule has 0 radical (unpaired) electrons. The van der Waals surface area contributed by atoms with Crippen LogP contribution in [-0.4, -0.2) is 31.2 Å². The van der Waals surface area contributed by atoms with E-state index < -0.39 is 0 Å². The van der Waals surface area contributed by atoms with Crippen LogP contribution in [0.2, 0.25) is 0 Å². The summed E-state index contributed by atoms with van der Waals surface area (Å²) in [6.45, 7) is 5.33. The van der Waals surface area contributed by atoms with Crippen molar-refractivity contribution in [2.75, 3.05) is 13.2 Å². The summed E-state index contributed by atoms with van der Waals surface area (Å²) in [5.41, 5.74) is 0.640. The van der Waals surface area contributed by atoms with E-state index in [1.807, 2.05) is 13.0 Å². The molecule has 2 aliphatic rings. The van der Waals surface area contributed by atoms with E-state index in [4.69, 9.17) is 14.2 Å². The van der Waals surface area contributed by atoms with Gasteiger partial charge in [-0.2, -0.15) is 0 Å². The zero-order chi connectivity index (χ0) is 14.1. The first kappa shape index (κ1) is 13.4. The fourth-order valence-corrected chi connectivity index (χ4v) is 2.59. The second kappa shape index (κ2) is 5.44. The maximum atomic E-state index is 12.4. The maximum Gasteiger partial charge on any atom is 0.191 e. The molecule has 0 saturated carbocycles. The Balaban J connectivity index is 1.80. The van der Waals surface area contributed by atoms with Gasteiger partial charge < -0.3 is 14.2 Å². The van der Waals surface area contributed by atoms with Gasteiger partial charge in [-0.1, -0.05) is 6.92 Å². The maximum absolute atomic E-state index is 12.4. The van der Waals surface area contributed by atoms with Crippen LogP contribution in [0.3, 0.4) is 0 Å². The Morgan fingerprint density at radius 1 is 1.10 bits per heavy atom. The first-order valence-corrected chi connectivity index (χ1v) is 7.23. The molecule has 1 saturated heterocycles. The van der Waals surface area contributed by atoms with Crippen LogP contribution in [0, 0.1) is 5.92 Å². The quantitative estimate of drug-likeness (QED) is 0.779. The van der Waals surface area contributed by atoms with Crippen molar-refractivity contribution in [2.24, 2.45) is 5.92 Å². The number of Topliss-reactive ketones (excluding diaryl/α,β-unsaturated/α-hetero) is 1. The van der Waals surface area contributed by atoms with E-state index in [0.29, 0.717) is 36.2 Å². The highest BCUT2D eigenvalue weighted by Crippen LogP contribution is 2.32. The van der Waals surface area contributed by atoms with Crippen LogP contribution >= 0.6 is 0 Å². The minimum Gasteiger partial charge on any atom is -0.489 e. The van der Waals surface area contributed by atoms with Gasteiger partial charge in [0.25, 0.3) is 0 Å². The first-order valence-electron chi connectivity index (χ1n) is 7.23. The second-order valence-electron chi connectivity index (χ2n) is 5.77. The van der Waals surface area contributed by atoms with Gasteiger partial charge in [0.1, 0.15) is 6.10 Å². The fourth-order valence-electron chi connectivity index (χ4n) is 2.59. The first-order chi connectivity index (χ1) is 9.63. The monoisotopic (exact) mass is 276 g/mol. The van der Waals surface area contributed by atoms with Crippen molar-refractivity contribution in [1.82, 2.24) is 0 Å². The average Bonchev–Trinajstić information content (AvgIpc) is 2.80. The van der Waals surface area contributed by atoms with E-state index >= 15 is 0 Å². The molecule has 0 bridgehead atoms. The summed E-state index contributed by atoms with van der Waals surface area (Å²) in [6, 6.07) is 5.40. The van der Waals surface area contributed by atoms with Crippen LogP contribution in [-0.2, 0) is 4.74 Å². The third-order valence-electron chi connectivity index (χ3n) is 3.80. The lowest BCUT2D eigenvalue weighted by Gasteiger charge is -2.12. The van der Waals surface area contributed by atoms with Crippen molar-refractivity contribution in [3.63, 3.8) is 0 Å². The summed E-state index contributed by atoms with van der Waals surface area (Å²) >= 11 is 0. The van der Waals surface area contributed by atoms with Crippen molar-refractivity contribution in [3.05, 3.63) is 23.8 Å². The normalized spacial score (nSPS) is 29.0. The smallest absolute Gasteiger partial charge is 0.191 e. The molecular formula is C16H20O4. The number of ether oxygens (including phenoxy) is 3. The summed E-state index contributed by atoms with van der Waals surface area (Å²) in [4.78, 5) is 12.4. The summed E-state index contributed by atoms with van der Waals surface area (Å²) in [5.74, 6) is 1.76. The Morgan fingerprint density at radius 3 is 2.55 bits per heavy atom.